The number of nitrogens with zero attached hydrogens (tertiary/aromatic N) is 4. The molecule has 0 aliphatic carbocycles. The van der Waals surface area contributed by atoms with Crippen molar-refractivity contribution in [1.29, 1.82) is 0 Å². The number of thiophene rings is 1. The van der Waals surface area contributed by atoms with Crippen molar-refractivity contribution >= 4 is 37.5 Å². The normalized spacial score (nSPS) is 11.3. The van der Waals surface area contributed by atoms with E-state index in [1.54, 1.807) is 33.1 Å². The summed E-state index contributed by atoms with van der Waals surface area (Å²) in [7, 11) is 1.86. The molecule has 0 aliphatic rings. The zero-order valence-electron chi connectivity index (χ0n) is 13.7. The third-order valence-electron chi connectivity index (χ3n) is 4.10. The molecule has 4 aromatic rings. The first-order valence-electron chi connectivity index (χ1n) is 7.75. The van der Waals surface area contributed by atoms with Crippen LogP contribution in [0.3, 0.4) is 0 Å². The lowest BCUT2D eigenvalue weighted by Gasteiger charge is -2.05. The third-order valence-corrected chi connectivity index (χ3v) is 5.64. The maximum absolute atomic E-state index is 13.1. The highest BCUT2D eigenvalue weighted by Gasteiger charge is 2.17. The molecule has 0 N–H and O–H groups in total. The van der Waals surface area contributed by atoms with Gasteiger partial charge in [0.15, 0.2) is 0 Å². The molecule has 3 heterocycles. The molecule has 25 heavy (non-hydrogen) atoms. The molecule has 0 saturated heterocycles. The molecular weight excluding hydrogens is 400 g/mol. The van der Waals surface area contributed by atoms with E-state index in [1.165, 1.54) is 0 Å². The van der Waals surface area contributed by atoms with E-state index in [9.17, 15) is 4.79 Å². The van der Waals surface area contributed by atoms with E-state index in [-0.39, 0.29) is 5.56 Å². The van der Waals surface area contributed by atoms with Crippen LogP contribution in [0, 0.1) is 6.92 Å². The van der Waals surface area contributed by atoms with E-state index < -0.39 is 0 Å². The molecule has 0 aliphatic heterocycles. The van der Waals surface area contributed by atoms with E-state index in [0.717, 1.165) is 30.9 Å². The van der Waals surface area contributed by atoms with Crippen molar-refractivity contribution in [2.75, 3.05) is 0 Å². The molecular formula is C18H15BrN4OS. The van der Waals surface area contributed by atoms with Gasteiger partial charge in [-0.25, -0.2) is 4.98 Å². The zero-order valence-corrected chi connectivity index (χ0v) is 16.1. The monoisotopic (exact) mass is 414 g/mol. The first-order valence-corrected chi connectivity index (χ1v) is 9.36. The van der Waals surface area contributed by atoms with Gasteiger partial charge in [-0.1, -0.05) is 28.1 Å². The fraction of sp³-hybridized carbons (Fsp3) is 0.167. The Hall–Kier alpha value is -2.25. The summed E-state index contributed by atoms with van der Waals surface area (Å²) in [6, 6.07) is 8.03. The molecule has 0 fully saturated rings. The van der Waals surface area contributed by atoms with Gasteiger partial charge in [0.1, 0.15) is 4.83 Å². The Labute approximate surface area is 156 Å². The molecule has 7 heteroatoms. The Morgan fingerprint density at radius 1 is 1.24 bits per heavy atom. The highest BCUT2D eigenvalue weighted by atomic mass is 79.9. The summed E-state index contributed by atoms with van der Waals surface area (Å²) >= 11 is 5.02. The number of rotatable bonds is 3. The predicted molar refractivity (Wildman–Crippen MR) is 104 cm³/mol. The molecule has 0 radical (unpaired) electrons. The van der Waals surface area contributed by atoms with Crippen LogP contribution in [0.1, 0.15) is 10.4 Å². The molecule has 4 rings (SSSR count). The Balaban J connectivity index is 1.89. The molecule has 0 atom stereocenters. The number of hydrogen-bond donors (Lipinski definition) is 0. The lowest BCUT2D eigenvalue weighted by Crippen LogP contribution is -2.20. The van der Waals surface area contributed by atoms with Crippen LogP contribution in [-0.4, -0.2) is 19.3 Å². The van der Waals surface area contributed by atoms with Crippen LogP contribution < -0.4 is 5.56 Å². The standard InChI is InChI=1S/C18H15BrN4OS/c1-11-15(13-3-5-14(19)6-4-13)16-17(25-11)20-10-23(18(16)24)9-12-7-21-22(2)8-12/h3-8,10H,9H2,1-2H3. The number of aryl methyl sites for hydroxylation is 2. The summed E-state index contributed by atoms with van der Waals surface area (Å²) < 4.78 is 4.39. The summed E-state index contributed by atoms with van der Waals surface area (Å²) in [6.45, 7) is 2.50. The summed E-state index contributed by atoms with van der Waals surface area (Å²) in [5.74, 6) is 0. The van der Waals surface area contributed by atoms with E-state index in [2.05, 4.69) is 26.0 Å². The van der Waals surface area contributed by atoms with Crippen molar-refractivity contribution < 1.29 is 0 Å². The average molecular weight is 415 g/mol. The number of benzene rings is 1. The highest BCUT2D eigenvalue weighted by molar-refractivity contribution is 9.10. The highest BCUT2D eigenvalue weighted by Crippen LogP contribution is 2.35. The van der Waals surface area contributed by atoms with Crippen LogP contribution >= 0.6 is 27.3 Å². The van der Waals surface area contributed by atoms with E-state index in [4.69, 9.17) is 0 Å². The number of aromatic nitrogens is 4. The summed E-state index contributed by atoms with van der Waals surface area (Å²) in [5, 5.41) is 4.85. The van der Waals surface area contributed by atoms with Crippen LogP contribution in [0.25, 0.3) is 21.3 Å². The lowest BCUT2D eigenvalue weighted by atomic mass is 10.0. The van der Waals surface area contributed by atoms with Gasteiger partial charge in [-0.2, -0.15) is 5.10 Å². The molecule has 5 nitrogen and oxygen atoms in total. The van der Waals surface area contributed by atoms with Crippen LogP contribution in [0.4, 0.5) is 0 Å². The zero-order chi connectivity index (χ0) is 17.6. The van der Waals surface area contributed by atoms with Crippen LogP contribution in [-0.2, 0) is 13.6 Å². The topological polar surface area (TPSA) is 52.7 Å². The summed E-state index contributed by atoms with van der Waals surface area (Å²) in [6.07, 6.45) is 5.30. The second kappa shape index (κ2) is 6.24. The van der Waals surface area contributed by atoms with E-state index >= 15 is 0 Å². The van der Waals surface area contributed by atoms with Crippen LogP contribution in [0.15, 0.2) is 52.3 Å². The van der Waals surface area contributed by atoms with Crippen molar-refractivity contribution in [2.24, 2.45) is 7.05 Å². The quantitative estimate of drug-likeness (QED) is 0.509. The van der Waals surface area contributed by atoms with Gasteiger partial charge in [-0.05, 0) is 24.6 Å². The van der Waals surface area contributed by atoms with Crippen molar-refractivity contribution in [3.63, 3.8) is 0 Å². The number of halogens is 1. The van der Waals surface area contributed by atoms with Gasteiger partial charge in [0.2, 0.25) is 0 Å². The van der Waals surface area contributed by atoms with Gasteiger partial charge in [0, 0.05) is 33.7 Å². The fourth-order valence-corrected chi connectivity index (χ4v) is 4.23. The SMILES string of the molecule is Cc1sc2ncn(Cc3cnn(C)c3)c(=O)c2c1-c1ccc(Br)cc1. The smallest absolute Gasteiger partial charge is 0.263 e. The Morgan fingerprint density at radius 2 is 2.00 bits per heavy atom. The minimum absolute atomic E-state index is 0.0175. The fourth-order valence-electron chi connectivity index (χ4n) is 2.96. The Morgan fingerprint density at radius 3 is 2.68 bits per heavy atom. The summed E-state index contributed by atoms with van der Waals surface area (Å²) in [5.41, 5.74) is 2.97. The lowest BCUT2D eigenvalue weighted by molar-refractivity contribution is 0.743. The minimum Gasteiger partial charge on any atom is -0.294 e. The van der Waals surface area contributed by atoms with Crippen molar-refractivity contribution in [3.05, 3.63) is 68.3 Å². The first kappa shape index (κ1) is 16.2. The van der Waals surface area contributed by atoms with Gasteiger partial charge in [-0.3, -0.25) is 14.0 Å². The maximum Gasteiger partial charge on any atom is 0.263 e. The molecule has 3 aromatic heterocycles. The average Bonchev–Trinajstić information content (AvgIpc) is 3.14. The largest absolute Gasteiger partial charge is 0.294 e. The first-order chi connectivity index (χ1) is 12.0. The van der Waals surface area contributed by atoms with Crippen LogP contribution in [0.5, 0.6) is 0 Å². The molecule has 0 spiro atoms. The molecule has 0 amide bonds. The Kier molecular flexibility index (Phi) is 4.05. The second-order valence-corrected chi connectivity index (χ2v) is 8.04. The van der Waals surface area contributed by atoms with Crippen LogP contribution in [0.2, 0.25) is 0 Å². The van der Waals surface area contributed by atoms with Gasteiger partial charge >= 0.3 is 0 Å². The molecule has 0 saturated carbocycles. The predicted octanol–water partition coefficient (Wildman–Crippen LogP) is 3.98. The van der Waals surface area contributed by atoms with Gasteiger partial charge in [0.25, 0.3) is 5.56 Å². The van der Waals surface area contributed by atoms with E-state index in [0.29, 0.717) is 11.9 Å². The number of fused-ring (bicyclic) bond motifs is 1. The number of hydrogen-bond acceptors (Lipinski definition) is 4. The van der Waals surface area contributed by atoms with Crippen molar-refractivity contribution in [3.8, 4) is 11.1 Å². The van der Waals surface area contributed by atoms with Crippen molar-refractivity contribution in [1.82, 2.24) is 19.3 Å². The Bertz CT molecular complexity index is 1120. The molecule has 126 valence electrons. The molecule has 0 bridgehead atoms. The second-order valence-electron chi connectivity index (χ2n) is 5.92. The van der Waals surface area contributed by atoms with E-state index in [1.807, 2.05) is 44.4 Å². The maximum atomic E-state index is 13.1. The van der Waals surface area contributed by atoms with Crippen molar-refractivity contribution in [2.45, 2.75) is 13.5 Å². The van der Waals surface area contributed by atoms with Gasteiger partial charge in [0.05, 0.1) is 24.5 Å². The summed E-state index contributed by atoms with van der Waals surface area (Å²) in [4.78, 5) is 19.5. The van der Waals surface area contributed by atoms with Gasteiger partial charge < -0.3 is 0 Å². The van der Waals surface area contributed by atoms with Gasteiger partial charge in [-0.15, -0.1) is 11.3 Å². The molecule has 0 unspecified atom stereocenters. The molecule has 1 aromatic carbocycles. The third kappa shape index (κ3) is 2.94. The minimum atomic E-state index is -0.0175.